The Bertz CT molecular complexity index is 1260. The highest BCUT2D eigenvalue weighted by Gasteiger charge is 2.47. The number of H-pyrrole nitrogens is 1. The van der Waals surface area contributed by atoms with Gasteiger partial charge in [-0.3, -0.25) is 4.79 Å². The minimum Gasteiger partial charge on any atom is -0.393 e. The van der Waals surface area contributed by atoms with Crippen LogP contribution < -0.4 is 0 Å². The van der Waals surface area contributed by atoms with E-state index in [9.17, 15) is 9.90 Å². The number of rotatable bonds is 2. The van der Waals surface area contributed by atoms with E-state index in [0.29, 0.717) is 12.5 Å². The van der Waals surface area contributed by atoms with Crippen molar-refractivity contribution in [3.63, 3.8) is 0 Å². The Labute approximate surface area is 168 Å². The molecule has 2 fully saturated rings. The number of hydrogen-bond acceptors (Lipinski definition) is 2. The van der Waals surface area contributed by atoms with Crippen molar-refractivity contribution < 1.29 is 9.90 Å². The number of carbonyl (C=O) groups is 1. The molecular weight excluding hydrogens is 360 g/mol. The summed E-state index contributed by atoms with van der Waals surface area (Å²) in [4.78, 5) is 18.5. The second-order valence-electron chi connectivity index (χ2n) is 8.42. The van der Waals surface area contributed by atoms with Crippen LogP contribution in [0.5, 0.6) is 0 Å². The highest BCUT2D eigenvalue weighted by atomic mass is 16.3. The lowest BCUT2D eigenvalue weighted by Gasteiger charge is -2.34. The number of carbonyl (C=O) groups excluding carboxylic acids is 1. The molecule has 3 aromatic carbocycles. The predicted octanol–water partition coefficient (Wildman–Crippen LogP) is 4.44. The third-order valence-electron chi connectivity index (χ3n) is 6.84. The normalized spacial score (nSPS) is 23.3. The Balaban J connectivity index is 1.43. The summed E-state index contributed by atoms with van der Waals surface area (Å²) in [5, 5.41) is 13.2. The van der Waals surface area contributed by atoms with E-state index in [1.807, 2.05) is 35.4 Å². The average Bonchev–Trinajstić information content (AvgIpc) is 3.35. The molecule has 1 saturated heterocycles. The Morgan fingerprint density at radius 3 is 2.69 bits per heavy atom. The molecule has 2 N–H and O–H groups in total. The summed E-state index contributed by atoms with van der Waals surface area (Å²) < 4.78 is 0. The monoisotopic (exact) mass is 382 g/mol. The number of hydrogen-bond donors (Lipinski definition) is 2. The lowest BCUT2D eigenvalue weighted by atomic mass is 9.74. The van der Waals surface area contributed by atoms with Gasteiger partial charge in [-0.25, -0.2) is 0 Å². The molecule has 4 nitrogen and oxygen atoms in total. The molecule has 1 amide bonds. The number of aromatic amines is 1. The average molecular weight is 382 g/mol. The van der Waals surface area contributed by atoms with Crippen molar-refractivity contribution in [3.05, 3.63) is 72.4 Å². The predicted molar refractivity (Wildman–Crippen MR) is 115 cm³/mol. The number of nitrogens with zero attached hydrogens (tertiary/aromatic N) is 1. The maximum Gasteiger partial charge on any atom is 0.254 e. The molecule has 1 saturated carbocycles. The molecule has 4 heteroatoms. The quantitative estimate of drug-likeness (QED) is 0.538. The van der Waals surface area contributed by atoms with Crippen LogP contribution in [0.25, 0.3) is 32.8 Å². The van der Waals surface area contributed by atoms with E-state index in [1.165, 1.54) is 5.39 Å². The standard InChI is InChI=1S/C25H22N2O2/c28-24-12-17-13-27(14-22(17)24)25(29)21-8-7-18(19-3-1-2-4-20(19)21)16-6-5-15-9-10-26-23(15)11-16/h1-11,17,22,24,26,28H,12-14H2/t17-,22+,24+/m0/s1. The molecule has 0 spiro atoms. The fraction of sp³-hybridized carbons (Fsp3) is 0.240. The Hall–Kier alpha value is -3.11. The maximum atomic E-state index is 13.3. The summed E-state index contributed by atoms with van der Waals surface area (Å²) >= 11 is 0. The number of fused-ring (bicyclic) bond motifs is 3. The third kappa shape index (κ3) is 2.52. The number of likely N-dealkylation sites (tertiary alicyclic amines) is 1. The van der Waals surface area contributed by atoms with Crippen LogP contribution >= 0.6 is 0 Å². The van der Waals surface area contributed by atoms with E-state index in [4.69, 9.17) is 0 Å². The molecule has 0 unspecified atom stereocenters. The van der Waals surface area contributed by atoms with Gasteiger partial charge in [0.25, 0.3) is 5.91 Å². The molecule has 3 atom stereocenters. The van der Waals surface area contributed by atoms with Crippen molar-refractivity contribution in [1.29, 1.82) is 0 Å². The summed E-state index contributed by atoms with van der Waals surface area (Å²) in [6.07, 6.45) is 2.55. The Morgan fingerprint density at radius 2 is 1.86 bits per heavy atom. The molecular formula is C25H22N2O2. The molecule has 29 heavy (non-hydrogen) atoms. The van der Waals surface area contributed by atoms with Crippen LogP contribution in [-0.2, 0) is 0 Å². The van der Waals surface area contributed by atoms with Crippen LogP contribution in [-0.4, -0.2) is 40.1 Å². The van der Waals surface area contributed by atoms with Crippen LogP contribution in [0.2, 0.25) is 0 Å². The van der Waals surface area contributed by atoms with E-state index in [2.05, 4.69) is 41.4 Å². The van der Waals surface area contributed by atoms with Gasteiger partial charge in [-0.15, -0.1) is 0 Å². The molecule has 1 aliphatic heterocycles. The minimum atomic E-state index is -0.236. The summed E-state index contributed by atoms with van der Waals surface area (Å²) in [5.41, 5.74) is 4.13. The lowest BCUT2D eigenvalue weighted by Crippen LogP contribution is -2.39. The first-order valence-electron chi connectivity index (χ1n) is 10.3. The van der Waals surface area contributed by atoms with Gasteiger partial charge in [-0.1, -0.05) is 42.5 Å². The molecule has 2 heterocycles. The Morgan fingerprint density at radius 1 is 1.00 bits per heavy atom. The molecule has 1 aliphatic carbocycles. The first-order chi connectivity index (χ1) is 14.2. The van der Waals surface area contributed by atoms with Crippen molar-refractivity contribution in [2.24, 2.45) is 11.8 Å². The number of aliphatic hydroxyl groups excluding tert-OH is 1. The third-order valence-corrected chi connectivity index (χ3v) is 6.84. The zero-order valence-electron chi connectivity index (χ0n) is 16.0. The number of amides is 1. The number of benzene rings is 3. The number of aliphatic hydroxyl groups is 1. The van der Waals surface area contributed by atoms with Crippen LogP contribution in [0.1, 0.15) is 16.8 Å². The van der Waals surface area contributed by atoms with Gasteiger partial charge in [0.2, 0.25) is 0 Å². The second-order valence-corrected chi connectivity index (χ2v) is 8.42. The van der Waals surface area contributed by atoms with Crippen LogP contribution in [0.3, 0.4) is 0 Å². The largest absolute Gasteiger partial charge is 0.393 e. The van der Waals surface area contributed by atoms with Gasteiger partial charge in [-0.2, -0.15) is 0 Å². The van der Waals surface area contributed by atoms with Crippen LogP contribution in [0, 0.1) is 11.8 Å². The summed E-state index contributed by atoms with van der Waals surface area (Å²) in [6, 6.07) is 20.7. The van der Waals surface area contributed by atoms with E-state index in [0.717, 1.165) is 45.9 Å². The van der Waals surface area contributed by atoms with Gasteiger partial charge < -0.3 is 15.0 Å². The molecule has 2 aliphatic rings. The van der Waals surface area contributed by atoms with Crippen LogP contribution in [0.4, 0.5) is 0 Å². The fourth-order valence-electron chi connectivity index (χ4n) is 5.16. The highest BCUT2D eigenvalue weighted by molar-refractivity contribution is 6.11. The van der Waals surface area contributed by atoms with E-state index >= 15 is 0 Å². The van der Waals surface area contributed by atoms with E-state index in [1.54, 1.807) is 0 Å². The minimum absolute atomic E-state index is 0.0779. The lowest BCUT2D eigenvalue weighted by molar-refractivity contribution is -0.00426. The Kier molecular flexibility index (Phi) is 3.59. The molecule has 6 rings (SSSR count). The van der Waals surface area contributed by atoms with Gasteiger partial charge in [0.05, 0.1) is 6.10 Å². The molecule has 4 aromatic rings. The van der Waals surface area contributed by atoms with E-state index < -0.39 is 0 Å². The molecule has 1 aromatic heterocycles. The first kappa shape index (κ1) is 16.8. The van der Waals surface area contributed by atoms with Crippen molar-refractivity contribution in [3.8, 4) is 11.1 Å². The summed E-state index contributed by atoms with van der Waals surface area (Å²) in [6.45, 7) is 1.43. The zero-order chi connectivity index (χ0) is 19.5. The van der Waals surface area contributed by atoms with Crippen molar-refractivity contribution in [2.45, 2.75) is 12.5 Å². The van der Waals surface area contributed by atoms with Gasteiger partial charge in [0, 0.05) is 36.3 Å². The molecule has 0 bridgehead atoms. The van der Waals surface area contributed by atoms with Gasteiger partial charge in [0.15, 0.2) is 0 Å². The SMILES string of the molecule is O=C(c1ccc(-c2ccc3cc[nH]c3c2)c2ccccc12)N1C[C@@H]2C[C@@H](O)[C@@H]2C1. The molecule has 144 valence electrons. The topological polar surface area (TPSA) is 56.3 Å². The van der Waals surface area contributed by atoms with Gasteiger partial charge in [-0.05, 0) is 57.8 Å². The smallest absolute Gasteiger partial charge is 0.254 e. The summed E-state index contributed by atoms with van der Waals surface area (Å²) in [7, 11) is 0. The van der Waals surface area contributed by atoms with Crippen molar-refractivity contribution in [1.82, 2.24) is 9.88 Å². The second kappa shape index (κ2) is 6.19. The fourth-order valence-corrected chi connectivity index (χ4v) is 5.16. The molecule has 0 radical (unpaired) electrons. The van der Waals surface area contributed by atoms with Gasteiger partial charge in [0.1, 0.15) is 0 Å². The van der Waals surface area contributed by atoms with Gasteiger partial charge >= 0.3 is 0 Å². The number of aromatic nitrogens is 1. The summed E-state index contributed by atoms with van der Waals surface area (Å²) in [5.74, 6) is 0.804. The first-order valence-corrected chi connectivity index (χ1v) is 10.3. The number of nitrogens with one attached hydrogen (secondary N) is 1. The van der Waals surface area contributed by atoms with E-state index in [-0.39, 0.29) is 17.9 Å². The maximum absolute atomic E-state index is 13.3. The van der Waals surface area contributed by atoms with Crippen LogP contribution in [0.15, 0.2) is 66.9 Å². The highest BCUT2D eigenvalue weighted by Crippen LogP contribution is 2.42. The van der Waals surface area contributed by atoms with Crippen molar-refractivity contribution in [2.75, 3.05) is 13.1 Å². The van der Waals surface area contributed by atoms with Crippen molar-refractivity contribution >= 4 is 27.6 Å². The zero-order valence-corrected chi connectivity index (χ0v) is 16.0.